The van der Waals surface area contributed by atoms with Gasteiger partial charge in [0.2, 0.25) is 0 Å². The Morgan fingerprint density at radius 2 is 1.57 bits per heavy atom. The molecule has 0 spiro atoms. The van der Waals surface area contributed by atoms with Crippen molar-refractivity contribution in [2.45, 2.75) is 32.1 Å². The van der Waals surface area contributed by atoms with Gasteiger partial charge in [-0.05, 0) is 80.0 Å². The molecule has 0 heterocycles. The molecule has 0 aliphatic heterocycles. The molecule has 0 atom stereocenters. The Morgan fingerprint density at radius 3 is 2.17 bits per heavy atom. The first-order valence-corrected chi connectivity index (χ1v) is 8.64. The van der Waals surface area contributed by atoms with Crippen molar-refractivity contribution >= 4 is 23.1 Å². The van der Waals surface area contributed by atoms with Gasteiger partial charge in [-0.25, -0.2) is 0 Å². The molecule has 3 heteroatoms. The van der Waals surface area contributed by atoms with Crippen LogP contribution < -0.4 is 5.73 Å². The van der Waals surface area contributed by atoms with Crippen LogP contribution in [0.15, 0.2) is 48.5 Å². The van der Waals surface area contributed by atoms with E-state index in [0.29, 0.717) is 10.9 Å². The van der Waals surface area contributed by atoms with E-state index in [4.69, 9.17) is 17.3 Å². The summed E-state index contributed by atoms with van der Waals surface area (Å²) in [6.07, 6.45) is 5.30. The molecule has 120 valence electrons. The number of rotatable bonds is 4. The van der Waals surface area contributed by atoms with Gasteiger partial charge in [-0.1, -0.05) is 23.7 Å². The Balaban J connectivity index is 1.54. The van der Waals surface area contributed by atoms with Gasteiger partial charge in [0.1, 0.15) is 0 Å². The molecule has 1 aliphatic rings. The normalized spacial score (nSPS) is 21.1. The van der Waals surface area contributed by atoms with E-state index < -0.39 is 0 Å². The molecule has 0 unspecified atom stereocenters. The van der Waals surface area contributed by atoms with Crippen molar-refractivity contribution in [3.05, 3.63) is 64.7 Å². The van der Waals surface area contributed by atoms with E-state index in [-0.39, 0.29) is 11.7 Å². The largest absolute Gasteiger partial charge is 0.399 e. The number of carbonyl (C=O) groups excluding carboxylic acids is 1. The molecule has 2 nitrogen and oxygen atoms in total. The maximum atomic E-state index is 12.6. The number of anilines is 1. The fourth-order valence-electron chi connectivity index (χ4n) is 3.47. The Hall–Kier alpha value is -1.80. The highest BCUT2D eigenvalue weighted by Gasteiger charge is 2.27. The van der Waals surface area contributed by atoms with Crippen LogP contribution in [0.1, 0.15) is 41.6 Å². The molecule has 23 heavy (non-hydrogen) atoms. The van der Waals surface area contributed by atoms with Gasteiger partial charge in [-0.3, -0.25) is 4.79 Å². The van der Waals surface area contributed by atoms with Crippen molar-refractivity contribution in [1.29, 1.82) is 0 Å². The van der Waals surface area contributed by atoms with Crippen molar-refractivity contribution in [2.75, 3.05) is 5.73 Å². The molecule has 1 saturated carbocycles. The number of halogens is 1. The molecule has 1 aliphatic carbocycles. The molecule has 3 rings (SSSR count). The van der Waals surface area contributed by atoms with E-state index in [1.165, 1.54) is 5.56 Å². The minimum absolute atomic E-state index is 0.166. The van der Waals surface area contributed by atoms with Crippen LogP contribution in [-0.2, 0) is 6.42 Å². The molecule has 2 aromatic rings. The van der Waals surface area contributed by atoms with Crippen LogP contribution in [0.25, 0.3) is 0 Å². The lowest BCUT2D eigenvalue weighted by molar-refractivity contribution is 0.0872. The maximum absolute atomic E-state index is 12.6. The Morgan fingerprint density at radius 1 is 0.957 bits per heavy atom. The van der Waals surface area contributed by atoms with E-state index >= 15 is 0 Å². The minimum Gasteiger partial charge on any atom is -0.399 e. The van der Waals surface area contributed by atoms with Gasteiger partial charge >= 0.3 is 0 Å². The maximum Gasteiger partial charge on any atom is 0.165 e. The van der Waals surface area contributed by atoms with Crippen molar-refractivity contribution in [3.8, 4) is 0 Å². The van der Waals surface area contributed by atoms with Crippen LogP contribution in [0.3, 0.4) is 0 Å². The topological polar surface area (TPSA) is 43.1 Å². The fraction of sp³-hybridized carbons (Fsp3) is 0.350. The average Bonchev–Trinajstić information content (AvgIpc) is 2.58. The van der Waals surface area contributed by atoms with E-state index in [1.807, 2.05) is 24.3 Å². The van der Waals surface area contributed by atoms with Crippen molar-refractivity contribution in [3.63, 3.8) is 0 Å². The Labute approximate surface area is 142 Å². The van der Waals surface area contributed by atoms with Crippen LogP contribution >= 0.6 is 11.6 Å². The smallest absolute Gasteiger partial charge is 0.165 e. The SMILES string of the molecule is Nc1ccc(CC2CCC(C(=O)c3ccc(Cl)cc3)CC2)cc1. The van der Waals surface area contributed by atoms with Crippen LogP contribution in [0.2, 0.25) is 5.02 Å². The number of nitrogen functional groups attached to an aromatic ring is 1. The zero-order valence-corrected chi connectivity index (χ0v) is 13.9. The third-order valence-corrected chi connectivity index (χ3v) is 5.10. The molecule has 1 fully saturated rings. The second-order valence-electron chi connectivity index (χ2n) is 6.53. The summed E-state index contributed by atoms with van der Waals surface area (Å²) in [5, 5.41) is 0.675. The second kappa shape index (κ2) is 7.18. The van der Waals surface area contributed by atoms with Crippen LogP contribution in [0.5, 0.6) is 0 Å². The Kier molecular flexibility index (Phi) is 5.02. The number of benzene rings is 2. The summed E-state index contributed by atoms with van der Waals surface area (Å²) in [6, 6.07) is 15.4. The molecule has 2 N–H and O–H groups in total. The second-order valence-corrected chi connectivity index (χ2v) is 6.97. The van der Waals surface area contributed by atoms with Crippen molar-refractivity contribution in [1.82, 2.24) is 0 Å². The van der Waals surface area contributed by atoms with E-state index in [0.717, 1.165) is 43.4 Å². The Bertz CT molecular complexity index is 655. The lowest BCUT2D eigenvalue weighted by Crippen LogP contribution is -2.23. The highest BCUT2D eigenvalue weighted by Crippen LogP contribution is 2.33. The number of carbonyl (C=O) groups is 1. The minimum atomic E-state index is 0.166. The molecule has 0 radical (unpaired) electrons. The van der Waals surface area contributed by atoms with E-state index in [2.05, 4.69) is 12.1 Å². The van der Waals surface area contributed by atoms with Gasteiger partial charge in [-0.15, -0.1) is 0 Å². The van der Waals surface area contributed by atoms with Gasteiger partial charge < -0.3 is 5.73 Å². The lowest BCUT2D eigenvalue weighted by atomic mass is 9.76. The number of Topliss-reactive ketones (excluding diaryl/α,β-unsaturated/α-hetero) is 1. The zero-order chi connectivity index (χ0) is 16.2. The number of hydrogen-bond acceptors (Lipinski definition) is 2. The van der Waals surface area contributed by atoms with E-state index in [1.54, 1.807) is 12.1 Å². The number of nitrogens with two attached hydrogens (primary N) is 1. The first kappa shape index (κ1) is 16.1. The lowest BCUT2D eigenvalue weighted by Gasteiger charge is -2.27. The summed E-state index contributed by atoms with van der Waals surface area (Å²) in [5.74, 6) is 1.11. The van der Waals surface area contributed by atoms with Crippen molar-refractivity contribution in [2.24, 2.45) is 11.8 Å². The predicted octanol–water partition coefficient (Wildman–Crippen LogP) is 5.15. The van der Waals surface area contributed by atoms with Gasteiger partial charge in [0.15, 0.2) is 5.78 Å². The van der Waals surface area contributed by atoms with E-state index in [9.17, 15) is 4.79 Å². The van der Waals surface area contributed by atoms with Crippen LogP contribution in [0, 0.1) is 11.8 Å². The fourth-order valence-corrected chi connectivity index (χ4v) is 3.59. The monoisotopic (exact) mass is 327 g/mol. The third kappa shape index (κ3) is 4.14. The van der Waals surface area contributed by atoms with Crippen LogP contribution in [0.4, 0.5) is 5.69 Å². The van der Waals surface area contributed by atoms with Gasteiger partial charge in [0.05, 0.1) is 0 Å². The molecule has 0 aromatic heterocycles. The first-order chi connectivity index (χ1) is 11.1. The summed E-state index contributed by atoms with van der Waals surface area (Å²) in [5.41, 5.74) is 8.67. The van der Waals surface area contributed by atoms with Crippen molar-refractivity contribution < 1.29 is 4.79 Å². The van der Waals surface area contributed by atoms with Crippen LogP contribution in [-0.4, -0.2) is 5.78 Å². The summed E-state index contributed by atoms with van der Waals surface area (Å²) in [7, 11) is 0. The third-order valence-electron chi connectivity index (χ3n) is 4.85. The molecule has 2 aromatic carbocycles. The molecule has 0 amide bonds. The van der Waals surface area contributed by atoms with Gasteiger partial charge in [-0.2, -0.15) is 0 Å². The standard InChI is InChI=1S/C20H22ClNO/c21-18-9-7-17(8-10-18)20(23)16-5-1-14(2-6-16)13-15-3-11-19(22)12-4-15/h3-4,7-12,14,16H,1-2,5-6,13,22H2. The zero-order valence-electron chi connectivity index (χ0n) is 13.2. The van der Waals surface area contributed by atoms with Gasteiger partial charge in [0, 0.05) is 22.2 Å². The number of hydrogen-bond donors (Lipinski definition) is 1. The van der Waals surface area contributed by atoms with Gasteiger partial charge in [0.25, 0.3) is 0 Å². The molecular formula is C20H22ClNO. The molecular weight excluding hydrogens is 306 g/mol. The average molecular weight is 328 g/mol. The number of ketones is 1. The predicted molar refractivity (Wildman–Crippen MR) is 95.8 cm³/mol. The summed E-state index contributed by atoms with van der Waals surface area (Å²) >= 11 is 5.89. The molecule has 0 bridgehead atoms. The summed E-state index contributed by atoms with van der Waals surface area (Å²) in [6.45, 7) is 0. The summed E-state index contributed by atoms with van der Waals surface area (Å²) < 4.78 is 0. The highest BCUT2D eigenvalue weighted by atomic mass is 35.5. The summed E-state index contributed by atoms with van der Waals surface area (Å²) in [4.78, 5) is 12.6. The highest BCUT2D eigenvalue weighted by molar-refractivity contribution is 6.30. The quantitative estimate of drug-likeness (QED) is 0.623. The molecule has 0 saturated heterocycles. The first-order valence-electron chi connectivity index (χ1n) is 8.26.